The third-order valence-corrected chi connectivity index (χ3v) is 8.14. The second-order valence-electron chi connectivity index (χ2n) is 10.8. The first-order valence-electron chi connectivity index (χ1n) is 12.7. The van der Waals surface area contributed by atoms with Crippen LogP contribution >= 0.6 is 11.6 Å². The Hall–Kier alpha value is -2.61. The first kappa shape index (κ1) is 23.8. The quantitative estimate of drug-likeness (QED) is 0.539. The number of amides is 1. The number of amidine groups is 1. The van der Waals surface area contributed by atoms with E-state index in [4.69, 9.17) is 16.6 Å². The molecule has 3 heterocycles. The molecule has 1 saturated heterocycles. The molecule has 2 aliphatic carbocycles. The molecule has 6 rings (SSSR count). The molecule has 1 spiro atoms. The van der Waals surface area contributed by atoms with Gasteiger partial charge in [0.05, 0.1) is 5.69 Å². The lowest BCUT2D eigenvalue weighted by molar-refractivity contribution is -0.141. The van der Waals surface area contributed by atoms with E-state index in [1.807, 2.05) is 12.1 Å². The van der Waals surface area contributed by atoms with E-state index >= 15 is 0 Å². The number of benzene rings is 1. The predicted octanol–water partition coefficient (Wildman–Crippen LogP) is 5.89. The van der Waals surface area contributed by atoms with Crippen molar-refractivity contribution < 1.29 is 18.0 Å². The zero-order valence-electron chi connectivity index (χ0n) is 20.0. The number of carbonyl (C=O) groups is 1. The van der Waals surface area contributed by atoms with Crippen LogP contribution in [0.3, 0.4) is 0 Å². The smallest absolute Gasteiger partial charge is 0.368 e. The van der Waals surface area contributed by atoms with Gasteiger partial charge in [0.15, 0.2) is 0 Å². The molecule has 2 aromatic rings. The van der Waals surface area contributed by atoms with Gasteiger partial charge in [-0.25, -0.2) is 4.98 Å². The van der Waals surface area contributed by atoms with Crippen LogP contribution in [-0.4, -0.2) is 34.9 Å². The first-order valence-corrected chi connectivity index (χ1v) is 13.1. The molecular formula is C27H28ClF3N4O. The maximum absolute atomic E-state index is 13.3. The zero-order chi connectivity index (χ0) is 25.2. The highest BCUT2D eigenvalue weighted by Crippen LogP contribution is 2.44. The number of aromatic nitrogens is 1. The van der Waals surface area contributed by atoms with E-state index in [0.717, 1.165) is 36.9 Å². The highest BCUT2D eigenvalue weighted by molar-refractivity contribution is 6.30. The lowest BCUT2D eigenvalue weighted by atomic mass is 9.83. The van der Waals surface area contributed by atoms with Crippen LogP contribution in [0.5, 0.6) is 0 Å². The number of nitrogens with one attached hydrogen (secondary N) is 1. The Morgan fingerprint density at radius 1 is 1.17 bits per heavy atom. The van der Waals surface area contributed by atoms with E-state index in [-0.39, 0.29) is 17.9 Å². The Kier molecular flexibility index (Phi) is 5.59. The van der Waals surface area contributed by atoms with E-state index in [1.165, 1.54) is 24.5 Å². The van der Waals surface area contributed by atoms with Crippen molar-refractivity contribution in [3.8, 4) is 0 Å². The normalized spacial score (nSPS) is 26.4. The van der Waals surface area contributed by atoms with Crippen molar-refractivity contribution in [2.24, 2.45) is 10.9 Å². The van der Waals surface area contributed by atoms with Crippen molar-refractivity contribution in [2.75, 3.05) is 11.4 Å². The standard InChI is InChI=1S/C27H28ClF3N4O/c1-15-14-26(10-11-35(15)21-13-19(28)7-6-18(21)12-16-2-3-16)25(36)33-24(34-26)20-8-9-22(27(29,30)31)32-23(20)17-4-5-17/h6-9,13,15-17H,2-5,10-12,14H2,1H3,(H,33,34,36)/t15-,26+/m0/s1. The van der Waals surface area contributed by atoms with Crippen molar-refractivity contribution in [2.45, 2.75) is 75.5 Å². The summed E-state index contributed by atoms with van der Waals surface area (Å²) in [6.07, 6.45) is 1.68. The number of carbonyl (C=O) groups excluding carboxylic acids is 1. The molecule has 1 amide bonds. The first-order chi connectivity index (χ1) is 17.1. The second-order valence-corrected chi connectivity index (χ2v) is 11.2. The Bertz CT molecular complexity index is 1250. The lowest BCUT2D eigenvalue weighted by Gasteiger charge is -2.42. The molecule has 1 aromatic carbocycles. The van der Waals surface area contributed by atoms with Crippen LogP contribution in [0.4, 0.5) is 18.9 Å². The van der Waals surface area contributed by atoms with Crippen LogP contribution in [0.1, 0.15) is 73.9 Å². The van der Waals surface area contributed by atoms with Gasteiger partial charge in [0.25, 0.3) is 5.91 Å². The van der Waals surface area contributed by atoms with Crippen molar-refractivity contribution in [3.63, 3.8) is 0 Å². The maximum Gasteiger partial charge on any atom is 0.433 e. The minimum Gasteiger partial charge on any atom is -0.368 e. The molecular weight excluding hydrogens is 489 g/mol. The molecule has 1 N–H and O–H groups in total. The third kappa shape index (κ3) is 4.38. The summed E-state index contributed by atoms with van der Waals surface area (Å²) in [5.41, 5.74) is 1.47. The molecule has 5 nitrogen and oxygen atoms in total. The molecule has 2 saturated carbocycles. The Balaban J connectivity index is 1.28. The number of anilines is 1. The fourth-order valence-corrected chi connectivity index (χ4v) is 5.81. The Labute approximate surface area is 213 Å². The van der Waals surface area contributed by atoms with Crippen LogP contribution in [0.2, 0.25) is 5.02 Å². The average molecular weight is 517 g/mol. The minimum atomic E-state index is -4.51. The number of nitrogens with zero attached hydrogens (tertiary/aromatic N) is 3. The van der Waals surface area contributed by atoms with Gasteiger partial charge >= 0.3 is 6.18 Å². The number of alkyl halides is 3. The fraction of sp³-hybridized carbons (Fsp3) is 0.519. The number of halogens is 4. The van der Waals surface area contributed by atoms with Crippen LogP contribution in [0, 0.1) is 5.92 Å². The van der Waals surface area contributed by atoms with Crippen molar-refractivity contribution >= 4 is 29.0 Å². The Morgan fingerprint density at radius 3 is 2.61 bits per heavy atom. The van der Waals surface area contributed by atoms with Crippen LogP contribution in [0.15, 0.2) is 35.3 Å². The van der Waals surface area contributed by atoms with E-state index in [2.05, 4.69) is 28.2 Å². The van der Waals surface area contributed by atoms with Gasteiger partial charge in [-0.1, -0.05) is 17.7 Å². The second kappa shape index (κ2) is 8.47. The fourth-order valence-electron chi connectivity index (χ4n) is 5.65. The van der Waals surface area contributed by atoms with Crippen molar-refractivity contribution in [1.82, 2.24) is 10.3 Å². The van der Waals surface area contributed by atoms with E-state index in [0.29, 0.717) is 41.5 Å². The summed E-state index contributed by atoms with van der Waals surface area (Å²) >= 11 is 6.36. The van der Waals surface area contributed by atoms with Crippen molar-refractivity contribution in [1.29, 1.82) is 0 Å². The SMILES string of the molecule is C[C@H]1C[C@@]2(CCN1c1cc(Cl)ccc1CC1CC1)N=C(c1ccc(C(F)(F)F)nc1C1CC1)NC2=O. The molecule has 190 valence electrons. The van der Waals surface area contributed by atoms with Crippen LogP contribution < -0.4 is 10.2 Å². The topological polar surface area (TPSA) is 57.6 Å². The summed E-state index contributed by atoms with van der Waals surface area (Å²) in [5, 5.41) is 3.59. The largest absolute Gasteiger partial charge is 0.433 e. The molecule has 2 atom stereocenters. The van der Waals surface area contributed by atoms with Gasteiger partial charge in [-0.2, -0.15) is 13.2 Å². The van der Waals surface area contributed by atoms with Gasteiger partial charge in [-0.15, -0.1) is 0 Å². The number of rotatable bonds is 5. The van der Waals surface area contributed by atoms with E-state index in [9.17, 15) is 18.0 Å². The summed E-state index contributed by atoms with van der Waals surface area (Å²) in [6.45, 7) is 2.74. The highest BCUT2D eigenvalue weighted by atomic mass is 35.5. The molecule has 2 aliphatic heterocycles. The maximum atomic E-state index is 13.3. The monoisotopic (exact) mass is 516 g/mol. The van der Waals surface area contributed by atoms with Gasteiger partial charge in [-0.05, 0) is 81.2 Å². The molecule has 1 aromatic heterocycles. The molecule has 0 unspecified atom stereocenters. The predicted molar refractivity (Wildman–Crippen MR) is 133 cm³/mol. The van der Waals surface area contributed by atoms with Gasteiger partial charge in [-0.3, -0.25) is 9.79 Å². The van der Waals surface area contributed by atoms with Gasteiger partial charge < -0.3 is 10.2 Å². The van der Waals surface area contributed by atoms with E-state index < -0.39 is 17.4 Å². The highest BCUT2D eigenvalue weighted by Gasteiger charge is 2.49. The molecule has 4 aliphatic rings. The van der Waals surface area contributed by atoms with Gasteiger partial charge in [0.1, 0.15) is 17.1 Å². The molecule has 3 fully saturated rings. The molecule has 0 bridgehead atoms. The summed E-state index contributed by atoms with van der Waals surface area (Å²) in [7, 11) is 0. The van der Waals surface area contributed by atoms with Gasteiger partial charge in [0, 0.05) is 41.2 Å². The summed E-state index contributed by atoms with van der Waals surface area (Å²) in [5.74, 6) is 0.880. The number of aliphatic imine (C=N–C) groups is 1. The number of hydrogen-bond donors (Lipinski definition) is 1. The molecule has 9 heteroatoms. The minimum absolute atomic E-state index is 0.0214. The zero-order valence-corrected chi connectivity index (χ0v) is 20.8. The summed E-state index contributed by atoms with van der Waals surface area (Å²) in [6, 6.07) is 8.51. The van der Waals surface area contributed by atoms with Crippen LogP contribution in [0.25, 0.3) is 0 Å². The number of pyridine rings is 1. The lowest BCUT2D eigenvalue weighted by Crippen LogP contribution is -2.53. The van der Waals surface area contributed by atoms with E-state index in [1.54, 1.807) is 0 Å². The van der Waals surface area contributed by atoms with Gasteiger partial charge in [0.2, 0.25) is 0 Å². The summed E-state index contributed by atoms with van der Waals surface area (Å²) in [4.78, 5) is 24.4. The number of hydrogen-bond acceptors (Lipinski definition) is 4. The summed E-state index contributed by atoms with van der Waals surface area (Å²) < 4.78 is 39.8. The third-order valence-electron chi connectivity index (χ3n) is 7.91. The average Bonchev–Trinajstić information content (AvgIpc) is 3.75. The van der Waals surface area contributed by atoms with Crippen LogP contribution in [-0.2, 0) is 17.4 Å². The van der Waals surface area contributed by atoms with Crippen molar-refractivity contribution in [3.05, 3.63) is 57.9 Å². The molecule has 36 heavy (non-hydrogen) atoms. The number of piperidine rings is 1. The molecule has 0 radical (unpaired) electrons. The Morgan fingerprint density at radius 2 is 1.94 bits per heavy atom.